The van der Waals surface area contributed by atoms with Gasteiger partial charge in [0.05, 0.1) is 6.04 Å². The molecule has 2 rings (SSSR count). The lowest BCUT2D eigenvalue weighted by atomic mass is 9.92. The molecule has 0 spiro atoms. The van der Waals surface area contributed by atoms with Crippen molar-refractivity contribution in [2.24, 2.45) is 11.7 Å². The van der Waals surface area contributed by atoms with Crippen molar-refractivity contribution in [2.75, 3.05) is 23.8 Å². The number of hydrogen-bond acceptors (Lipinski definition) is 4. The van der Waals surface area contributed by atoms with Gasteiger partial charge in [-0.05, 0) is 43.4 Å². The molecule has 1 aromatic rings. The summed E-state index contributed by atoms with van der Waals surface area (Å²) >= 11 is 0. The number of anilines is 2. The van der Waals surface area contributed by atoms with Crippen LogP contribution in [0.4, 0.5) is 11.4 Å². The van der Waals surface area contributed by atoms with E-state index in [9.17, 15) is 9.59 Å². The van der Waals surface area contributed by atoms with Crippen LogP contribution in [0.2, 0.25) is 0 Å². The van der Waals surface area contributed by atoms with E-state index in [1.54, 1.807) is 24.3 Å². The smallest absolute Gasteiger partial charge is 0.241 e. The molecular weight excluding hydrogens is 294 g/mol. The number of rotatable bonds is 6. The molecule has 1 aromatic carbocycles. The molecule has 23 heavy (non-hydrogen) atoms. The summed E-state index contributed by atoms with van der Waals surface area (Å²) < 4.78 is 5.29. The highest BCUT2D eigenvalue weighted by molar-refractivity contribution is 5.96. The average molecular weight is 319 g/mol. The predicted octanol–water partition coefficient (Wildman–Crippen LogP) is 2.12. The van der Waals surface area contributed by atoms with Crippen LogP contribution >= 0.6 is 0 Å². The molecule has 0 aliphatic carbocycles. The molecule has 1 aliphatic heterocycles. The molecular formula is C17H25N3O3. The van der Waals surface area contributed by atoms with Gasteiger partial charge in [0.2, 0.25) is 11.8 Å². The third-order valence-electron chi connectivity index (χ3n) is 3.97. The quantitative estimate of drug-likeness (QED) is 0.748. The summed E-state index contributed by atoms with van der Waals surface area (Å²) in [5.41, 5.74) is 7.36. The van der Waals surface area contributed by atoms with Crippen molar-refractivity contribution in [2.45, 2.75) is 38.6 Å². The lowest BCUT2D eigenvalue weighted by Gasteiger charge is -2.26. The first-order chi connectivity index (χ1) is 11.1. The summed E-state index contributed by atoms with van der Waals surface area (Å²) in [6, 6.07) is 6.56. The fraction of sp³-hybridized carbons (Fsp3) is 0.529. The number of hydrogen-bond donors (Lipinski definition) is 3. The summed E-state index contributed by atoms with van der Waals surface area (Å²) in [5, 5.41) is 5.64. The Labute approximate surface area is 136 Å². The Hall–Kier alpha value is -1.92. The maximum Gasteiger partial charge on any atom is 0.241 e. The number of ether oxygens (including phenoxy) is 1. The molecule has 0 radical (unpaired) electrons. The number of carbonyl (C=O) groups excluding carboxylic acids is 2. The number of benzene rings is 1. The van der Waals surface area contributed by atoms with Crippen LogP contribution in [0.15, 0.2) is 24.3 Å². The summed E-state index contributed by atoms with van der Waals surface area (Å²) in [7, 11) is 0. The van der Waals surface area contributed by atoms with E-state index in [0.29, 0.717) is 31.0 Å². The molecule has 1 atom stereocenters. The topological polar surface area (TPSA) is 93.5 Å². The third-order valence-corrected chi connectivity index (χ3v) is 3.97. The van der Waals surface area contributed by atoms with E-state index in [2.05, 4.69) is 10.6 Å². The Bertz CT molecular complexity index is 542. The molecule has 2 amide bonds. The van der Waals surface area contributed by atoms with Crippen LogP contribution in [-0.4, -0.2) is 31.1 Å². The van der Waals surface area contributed by atoms with Crippen molar-refractivity contribution in [3.63, 3.8) is 0 Å². The van der Waals surface area contributed by atoms with E-state index in [4.69, 9.17) is 10.5 Å². The standard InChI is InChI=1S/C17H25N3O3/c1-2-4-15(21)19-13-5-3-6-14(11-13)20-17(22)16(18)12-7-9-23-10-8-12/h3,5-6,11-12,16H,2,4,7-10,18H2,1H3,(H,19,21)(H,20,22). The zero-order chi connectivity index (χ0) is 16.7. The van der Waals surface area contributed by atoms with E-state index >= 15 is 0 Å². The zero-order valence-corrected chi connectivity index (χ0v) is 13.5. The fourth-order valence-electron chi connectivity index (χ4n) is 2.64. The molecule has 1 heterocycles. The SMILES string of the molecule is CCCC(=O)Nc1cccc(NC(=O)C(N)C2CCOCC2)c1. The number of carbonyl (C=O) groups is 2. The summed E-state index contributed by atoms with van der Waals surface area (Å²) in [6.45, 7) is 3.27. The minimum absolute atomic E-state index is 0.0325. The second-order valence-corrected chi connectivity index (χ2v) is 5.84. The van der Waals surface area contributed by atoms with Gasteiger partial charge in [-0.25, -0.2) is 0 Å². The van der Waals surface area contributed by atoms with Crippen molar-refractivity contribution < 1.29 is 14.3 Å². The predicted molar refractivity (Wildman–Crippen MR) is 90.1 cm³/mol. The van der Waals surface area contributed by atoms with Crippen molar-refractivity contribution in [1.29, 1.82) is 0 Å². The first kappa shape index (κ1) is 17.4. The Morgan fingerprint density at radius 2 is 1.91 bits per heavy atom. The molecule has 6 heteroatoms. The van der Waals surface area contributed by atoms with Gasteiger partial charge >= 0.3 is 0 Å². The molecule has 6 nitrogen and oxygen atoms in total. The van der Waals surface area contributed by atoms with E-state index in [-0.39, 0.29) is 17.7 Å². The molecule has 126 valence electrons. The molecule has 1 aliphatic rings. The number of nitrogens with two attached hydrogens (primary N) is 1. The lowest BCUT2D eigenvalue weighted by Crippen LogP contribution is -2.44. The molecule has 1 saturated heterocycles. The van der Waals surface area contributed by atoms with Gasteiger partial charge in [-0.1, -0.05) is 13.0 Å². The lowest BCUT2D eigenvalue weighted by molar-refractivity contribution is -0.119. The van der Waals surface area contributed by atoms with E-state index in [1.807, 2.05) is 6.92 Å². The van der Waals surface area contributed by atoms with Crippen molar-refractivity contribution in [1.82, 2.24) is 0 Å². The fourth-order valence-corrected chi connectivity index (χ4v) is 2.64. The van der Waals surface area contributed by atoms with Gasteiger partial charge in [0, 0.05) is 31.0 Å². The first-order valence-electron chi connectivity index (χ1n) is 8.14. The van der Waals surface area contributed by atoms with Crippen LogP contribution in [0, 0.1) is 5.92 Å². The van der Waals surface area contributed by atoms with Crippen molar-refractivity contribution in [3.05, 3.63) is 24.3 Å². The maximum absolute atomic E-state index is 12.3. The van der Waals surface area contributed by atoms with Gasteiger partial charge in [-0.3, -0.25) is 9.59 Å². The average Bonchev–Trinajstić information content (AvgIpc) is 2.55. The Kier molecular flexibility index (Phi) is 6.55. The van der Waals surface area contributed by atoms with Crippen molar-refractivity contribution >= 4 is 23.2 Å². The van der Waals surface area contributed by atoms with Gasteiger partial charge in [0.25, 0.3) is 0 Å². The zero-order valence-electron chi connectivity index (χ0n) is 13.5. The van der Waals surface area contributed by atoms with Gasteiger partial charge in [-0.2, -0.15) is 0 Å². The van der Waals surface area contributed by atoms with Gasteiger partial charge in [0.15, 0.2) is 0 Å². The van der Waals surface area contributed by atoms with Gasteiger partial charge in [-0.15, -0.1) is 0 Å². The van der Waals surface area contributed by atoms with E-state index in [1.165, 1.54) is 0 Å². The Balaban J connectivity index is 1.93. The number of amides is 2. The summed E-state index contributed by atoms with van der Waals surface area (Å²) in [5.74, 6) is -0.0833. The van der Waals surface area contributed by atoms with Crippen LogP contribution in [0.3, 0.4) is 0 Å². The number of nitrogens with one attached hydrogen (secondary N) is 2. The van der Waals surface area contributed by atoms with E-state index in [0.717, 1.165) is 19.3 Å². The first-order valence-corrected chi connectivity index (χ1v) is 8.14. The van der Waals surface area contributed by atoms with Gasteiger partial charge in [0.1, 0.15) is 0 Å². The Morgan fingerprint density at radius 3 is 2.57 bits per heavy atom. The molecule has 0 aromatic heterocycles. The van der Waals surface area contributed by atoms with Crippen LogP contribution in [-0.2, 0) is 14.3 Å². The minimum atomic E-state index is -0.544. The van der Waals surface area contributed by atoms with E-state index < -0.39 is 6.04 Å². The monoisotopic (exact) mass is 319 g/mol. The summed E-state index contributed by atoms with van der Waals surface area (Å²) in [4.78, 5) is 23.9. The second-order valence-electron chi connectivity index (χ2n) is 5.84. The highest BCUT2D eigenvalue weighted by Gasteiger charge is 2.26. The summed E-state index contributed by atoms with van der Waals surface area (Å²) in [6.07, 6.45) is 2.89. The molecule has 4 N–H and O–H groups in total. The molecule has 0 saturated carbocycles. The highest BCUT2D eigenvalue weighted by Crippen LogP contribution is 2.20. The largest absolute Gasteiger partial charge is 0.381 e. The van der Waals surface area contributed by atoms with Crippen LogP contribution in [0.1, 0.15) is 32.6 Å². The molecule has 1 unspecified atom stereocenters. The molecule has 0 bridgehead atoms. The van der Waals surface area contributed by atoms with Crippen LogP contribution < -0.4 is 16.4 Å². The van der Waals surface area contributed by atoms with Crippen LogP contribution in [0.25, 0.3) is 0 Å². The highest BCUT2D eigenvalue weighted by atomic mass is 16.5. The normalized spacial score (nSPS) is 16.6. The third kappa shape index (κ3) is 5.33. The second kappa shape index (κ2) is 8.64. The maximum atomic E-state index is 12.3. The Morgan fingerprint density at radius 1 is 1.26 bits per heavy atom. The van der Waals surface area contributed by atoms with Crippen molar-refractivity contribution in [3.8, 4) is 0 Å². The van der Waals surface area contributed by atoms with Crippen LogP contribution in [0.5, 0.6) is 0 Å². The minimum Gasteiger partial charge on any atom is -0.381 e. The molecule has 1 fully saturated rings. The van der Waals surface area contributed by atoms with Gasteiger partial charge < -0.3 is 21.1 Å².